The summed E-state index contributed by atoms with van der Waals surface area (Å²) in [5.74, 6) is 0.434. The van der Waals surface area contributed by atoms with E-state index in [4.69, 9.17) is 4.98 Å². The summed E-state index contributed by atoms with van der Waals surface area (Å²) in [5.41, 5.74) is 3.50. The molecule has 2 aromatic heterocycles. The van der Waals surface area contributed by atoms with Crippen LogP contribution in [0, 0.1) is 5.82 Å². The fourth-order valence-corrected chi connectivity index (χ4v) is 3.63. The minimum absolute atomic E-state index is 0.264. The number of hydrogen-bond acceptors (Lipinski definition) is 4. The largest absolute Gasteiger partial charge is 0.353 e. The van der Waals surface area contributed by atoms with E-state index in [0.29, 0.717) is 12.4 Å². The van der Waals surface area contributed by atoms with Crippen molar-refractivity contribution in [2.45, 2.75) is 13.8 Å². The molecule has 4 aromatic rings. The zero-order chi connectivity index (χ0) is 20.9. The van der Waals surface area contributed by atoms with Gasteiger partial charge < -0.3 is 14.8 Å². The number of H-pyrrole nitrogens is 1. The Morgan fingerprint density at radius 1 is 0.933 bits per heavy atom. The number of anilines is 2. The van der Waals surface area contributed by atoms with Gasteiger partial charge >= 0.3 is 0 Å². The minimum Gasteiger partial charge on any atom is -0.353 e. The lowest BCUT2D eigenvalue weighted by Gasteiger charge is -2.27. The van der Waals surface area contributed by atoms with Crippen molar-refractivity contribution in [2.75, 3.05) is 31.1 Å². The summed E-state index contributed by atoms with van der Waals surface area (Å²) in [5, 5.41) is 1.13. The van der Waals surface area contributed by atoms with E-state index >= 15 is 0 Å². The van der Waals surface area contributed by atoms with E-state index in [0.717, 1.165) is 47.6 Å². The molecule has 0 aliphatic carbocycles. The first-order valence-electron chi connectivity index (χ1n) is 10.3. The maximum absolute atomic E-state index is 14.0. The number of nitrogens with one attached hydrogen (secondary N) is 1. The molecule has 0 unspecified atom stereocenters. The van der Waals surface area contributed by atoms with Gasteiger partial charge in [0.05, 0.1) is 18.1 Å². The Bertz CT molecular complexity index is 1090. The molecule has 0 amide bonds. The molecule has 0 aliphatic rings. The minimum atomic E-state index is -0.264. The van der Waals surface area contributed by atoms with Crippen LogP contribution in [0.15, 0.2) is 67.0 Å². The molecule has 4 rings (SSSR count). The van der Waals surface area contributed by atoms with Crippen LogP contribution in [0.3, 0.4) is 0 Å². The van der Waals surface area contributed by atoms with Crippen molar-refractivity contribution in [3.8, 4) is 11.4 Å². The third-order valence-electron chi connectivity index (χ3n) is 5.36. The van der Waals surface area contributed by atoms with Gasteiger partial charge in [-0.2, -0.15) is 0 Å². The summed E-state index contributed by atoms with van der Waals surface area (Å²) >= 11 is 0. The first-order valence-corrected chi connectivity index (χ1v) is 10.3. The molecule has 0 saturated carbocycles. The molecule has 0 saturated heterocycles. The van der Waals surface area contributed by atoms with Crippen LogP contribution in [0.25, 0.3) is 22.3 Å². The molecule has 0 fully saturated rings. The second-order valence-corrected chi connectivity index (χ2v) is 7.19. The summed E-state index contributed by atoms with van der Waals surface area (Å²) in [4.78, 5) is 17.1. The SMILES string of the molecule is CCN(CC)CCN(c1cccc(F)c1)c1cncc(-c2cc3ccccc3[nH]2)n1. The van der Waals surface area contributed by atoms with Crippen LogP contribution in [0.2, 0.25) is 0 Å². The highest BCUT2D eigenvalue weighted by Crippen LogP contribution is 2.27. The van der Waals surface area contributed by atoms with E-state index in [9.17, 15) is 4.39 Å². The Labute approximate surface area is 176 Å². The van der Waals surface area contributed by atoms with Crippen molar-refractivity contribution in [3.05, 3.63) is 72.8 Å². The number of rotatable bonds is 8. The Balaban J connectivity index is 1.70. The topological polar surface area (TPSA) is 48.0 Å². The van der Waals surface area contributed by atoms with Gasteiger partial charge in [-0.1, -0.05) is 38.1 Å². The number of nitrogens with zero attached hydrogens (tertiary/aromatic N) is 4. The molecule has 0 bridgehead atoms. The van der Waals surface area contributed by atoms with Gasteiger partial charge in [-0.3, -0.25) is 4.98 Å². The van der Waals surface area contributed by atoms with Crippen molar-refractivity contribution < 1.29 is 4.39 Å². The van der Waals surface area contributed by atoms with E-state index in [1.807, 2.05) is 29.2 Å². The lowest BCUT2D eigenvalue weighted by molar-refractivity contribution is 0.312. The number of halogens is 1. The van der Waals surface area contributed by atoms with Crippen molar-refractivity contribution in [3.63, 3.8) is 0 Å². The lowest BCUT2D eigenvalue weighted by Crippen LogP contribution is -2.33. The van der Waals surface area contributed by atoms with Gasteiger partial charge in [0.15, 0.2) is 5.82 Å². The van der Waals surface area contributed by atoms with E-state index < -0.39 is 0 Å². The van der Waals surface area contributed by atoms with Gasteiger partial charge in [0.25, 0.3) is 0 Å². The average molecular weight is 404 g/mol. The molecule has 30 heavy (non-hydrogen) atoms. The number of aromatic amines is 1. The van der Waals surface area contributed by atoms with Crippen LogP contribution in [0.4, 0.5) is 15.9 Å². The molecule has 0 atom stereocenters. The second-order valence-electron chi connectivity index (χ2n) is 7.19. The number of para-hydroxylation sites is 1. The van der Waals surface area contributed by atoms with Gasteiger partial charge in [0, 0.05) is 29.7 Å². The summed E-state index contributed by atoms with van der Waals surface area (Å²) in [7, 11) is 0. The molecule has 154 valence electrons. The predicted octanol–water partition coefficient (Wildman–Crippen LogP) is 5.24. The maximum Gasteiger partial charge on any atom is 0.152 e. The lowest BCUT2D eigenvalue weighted by atomic mass is 10.2. The molecule has 2 heterocycles. The third kappa shape index (κ3) is 4.33. The normalized spacial score (nSPS) is 11.3. The zero-order valence-corrected chi connectivity index (χ0v) is 17.3. The van der Waals surface area contributed by atoms with Gasteiger partial charge in [-0.25, -0.2) is 9.37 Å². The van der Waals surface area contributed by atoms with Crippen LogP contribution in [0.1, 0.15) is 13.8 Å². The van der Waals surface area contributed by atoms with Crippen LogP contribution in [-0.2, 0) is 0 Å². The van der Waals surface area contributed by atoms with Crippen LogP contribution >= 0.6 is 0 Å². The van der Waals surface area contributed by atoms with Crippen LogP contribution < -0.4 is 4.90 Å². The predicted molar refractivity (Wildman–Crippen MR) is 121 cm³/mol. The van der Waals surface area contributed by atoms with Crippen molar-refractivity contribution in [1.82, 2.24) is 19.9 Å². The van der Waals surface area contributed by atoms with Crippen molar-refractivity contribution in [2.24, 2.45) is 0 Å². The molecule has 0 spiro atoms. The standard InChI is InChI=1S/C24H26FN5/c1-3-29(4-2)12-13-30(20-10-7-9-19(25)15-20)24-17-26-16-23(28-24)22-14-18-8-5-6-11-21(18)27-22/h5-11,14-17,27H,3-4,12-13H2,1-2H3. The number of fused-ring (bicyclic) bond motifs is 1. The highest BCUT2D eigenvalue weighted by atomic mass is 19.1. The smallest absolute Gasteiger partial charge is 0.152 e. The molecule has 6 heteroatoms. The Hall–Kier alpha value is -3.25. The second kappa shape index (κ2) is 9.05. The quantitative estimate of drug-likeness (QED) is 0.437. The number of likely N-dealkylation sites (N-methyl/N-ethyl adjacent to an activating group) is 1. The summed E-state index contributed by atoms with van der Waals surface area (Å²) < 4.78 is 14.0. The van der Waals surface area contributed by atoms with Gasteiger partial charge in [0.2, 0.25) is 0 Å². The van der Waals surface area contributed by atoms with E-state index in [1.54, 1.807) is 24.5 Å². The Morgan fingerprint density at radius 3 is 2.53 bits per heavy atom. The Kier molecular flexibility index (Phi) is 6.05. The van der Waals surface area contributed by atoms with E-state index in [-0.39, 0.29) is 5.82 Å². The highest BCUT2D eigenvalue weighted by molar-refractivity contribution is 5.85. The molecular weight excluding hydrogens is 377 g/mol. The molecule has 5 nitrogen and oxygen atoms in total. The van der Waals surface area contributed by atoms with Crippen LogP contribution in [-0.4, -0.2) is 46.0 Å². The molecule has 0 aliphatic heterocycles. The van der Waals surface area contributed by atoms with Crippen molar-refractivity contribution in [1.29, 1.82) is 0 Å². The zero-order valence-electron chi connectivity index (χ0n) is 17.3. The highest BCUT2D eigenvalue weighted by Gasteiger charge is 2.15. The third-order valence-corrected chi connectivity index (χ3v) is 5.36. The maximum atomic E-state index is 14.0. The summed E-state index contributed by atoms with van der Waals surface area (Å²) in [6.45, 7) is 7.76. The van der Waals surface area contributed by atoms with E-state index in [1.165, 1.54) is 6.07 Å². The monoisotopic (exact) mass is 403 g/mol. The molecular formula is C24H26FN5. The van der Waals surface area contributed by atoms with E-state index in [2.05, 4.69) is 40.8 Å². The number of hydrogen-bond donors (Lipinski definition) is 1. The fourth-order valence-electron chi connectivity index (χ4n) is 3.63. The average Bonchev–Trinajstić information content (AvgIpc) is 3.21. The fraction of sp³-hybridized carbons (Fsp3) is 0.250. The first kappa shape index (κ1) is 20.0. The number of aromatic nitrogens is 3. The Morgan fingerprint density at radius 2 is 1.77 bits per heavy atom. The molecule has 1 N–H and O–H groups in total. The molecule has 2 aromatic carbocycles. The summed E-state index contributed by atoms with van der Waals surface area (Å²) in [6.07, 6.45) is 3.49. The first-order chi connectivity index (χ1) is 14.7. The summed E-state index contributed by atoms with van der Waals surface area (Å²) in [6, 6.07) is 16.8. The van der Waals surface area contributed by atoms with Gasteiger partial charge in [-0.15, -0.1) is 0 Å². The molecule has 0 radical (unpaired) electrons. The van der Waals surface area contributed by atoms with Gasteiger partial charge in [-0.05, 0) is 43.4 Å². The van der Waals surface area contributed by atoms with Crippen molar-refractivity contribution >= 4 is 22.4 Å². The van der Waals surface area contributed by atoms with Gasteiger partial charge in [0.1, 0.15) is 11.5 Å². The van der Waals surface area contributed by atoms with Crippen LogP contribution in [0.5, 0.6) is 0 Å². The number of benzene rings is 2.